The Morgan fingerprint density at radius 3 is 2.66 bits per heavy atom. The van der Waals surface area contributed by atoms with E-state index < -0.39 is 0 Å². The lowest BCUT2D eigenvalue weighted by Gasteiger charge is -2.18. The van der Waals surface area contributed by atoms with Crippen LogP contribution in [0.1, 0.15) is 29.5 Å². The molecule has 1 saturated heterocycles. The van der Waals surface area contributed by atoms with Crippen LogP contribution in [0, 0.1) is 5.92 Å². The molecule has 0 aliphatic carbocycles. The van der Waals surface area contributed by atoms with Crippen molar-refractivity contribution in [2.75, 3.05) is 27.3 Å². The van der Waals surface area contributed by atoms with Crippen LogP contribution in [0.4, 0.5) is 0 Å². The van der Waals surface area contributed by atoms with Gasteiger partial charge in [0.15, 0.2) is 5.65 Å². The second-order valence-electron chi connectivity index (χ2n) is 7.33. The molecule has 2 aromatic heterocycles. The maximum Gasteiger partial charge on any atom is 0.254 e. The molecule has 1 amide bonds. The second kappa shape index (κ2) is 8.11. The first-order chi connectivity index (χ1) is 14.1. The first kappa shape index (κ1) is 19.2. The fraction of sp³-hybridized carbons (Fsp3) is 0.409. The van der Waals surface area contributed by atoms with Gasteiger partial charge < -0.3 is 18.9 Å². The lowest BCUT2D eigenvalue weighted by Crippen LogP contribution is -2.29. The highest BCUT2D eigenvalue weighted by Crippen LogP contribution is 2.27. The number of imidazole rings is 1. The van der Waals surface area contributed by atoms with Crippen LogP contribution in [-0.4, -0.2) is 52.7 Å². The standard InChI is InChI=1S/C22H26N4O3/c1-4-26-20(24-19-6-5-8-23-21(19)26)10-15-7-9-25(14-15)22(27)16-11-17(28-2)13-18(12-16)29-3/h5-6,8,11-13,15H,4,7,9-10,14H2,1-3H3/t15-/m0/s1. The quantitative estimate of drug-likeness (QED) is 0.642. The minimum atomic E-state index is 0.00959. The molecular weight excluding hydrogens is 368 g/mol. The lowest BCUT2D eigenvalue weighted by atomic mass is 10.0. The third-order valence-electron chi connectivity index (χ3n) is 5.54. The van der Waals surface area contributed by atoms with E-state index in [-0.39, 0.29) is 5.91 Å². The number of likely N-dealkylation sites (tertiary alicyclic amines) is 1. The number of fused-ring (bicyclic) bond motifs is 1. The molecule has 1 aliphatic rings. The lowest BCUT2D eigenvalue weighted by molar-refractivity contribution is 0.0786. The number of hydrogen-bond donors (Lipinski definition) is 0. The Balaban J connectivity index is 1.49. The summed E-state index contributed by atoms with van der Waals surface area (Å²) in [5.41, 5.74) is 2.45. The smallest absolute Gasteiger partial charge is 0.254 e. The summed E-state index contributed by atoms with van der Waals surface area (Å²) in [7, 11) is 3.17. The summed E-state index contributed by atoms with van der Waals surface area (Å²) >= 11 is 0. The van der Waals surface area contributed by atoms with Gasteiger partial charge in [-0.1, -0.05) is 0 Å². The monoisotopic (exact) mass is 394 g/mol. The first-order valence-electron chi connectivity index (χ1n) is 9.95. The molecule has 0 bridgehead atoms. The van der Waals surface area contributed by atoms with Crippen LogP contribution in [0.3, 0.4) is 0 Å². The molecule has 7 heteroatoms. The number of rotatable bonds is 6. The predicted octanol–water partition coefficient (Wildman–Crippen LogP) is 3.17. The fourth-order valence-corrected chi connectivity index (χ4v) is 4.05. The van der Waals surface area contributed by atoms with Crippen LogP contribution in [-0.2, 0) is 13.0 Å². The SMILES string of the molecule is CCn1c(C[C@@H]2CCN(C(=O)c3cc(OC)cc(OC)c3)C2)nc2cccnc21. The third-order valence-corrected chi connectivity index (χ3v) is 5.54. The normalized spacial score (nSPS) is 16.4. The summed E-state index contributed by atoms with van der Waals surface area (Å²) in [6.07, 6.45) is 3.61. The minimum Gasteiger partial charge on any atom is -0.497 e. The zero-order valence-electron chi connectivity index (χ0n) is 17.1. The van der Waals surface area contributed by atoms with E-state index in [2.05, 4.69) is 16.5 Å². The number of hydrogen-bond acceptors (Lipinski definition) is 5. The van der Waals surface area contributed by atoms with Gasteiger partial charge in [0.2, 0.25) is 0 Å². The molecule has 1 atom stereocenters. The molecule has 0 radical (unpaired) electrons. The molecule has 1 aliphatic heterocycles. The Morgan fingerprint density at radius 1 is 1.21 bits per heavy atom. The third kappa shape index (κ3) is 3.77. The number of pyridine rings is 1. The predicted molar refractivity (Wildman–Crippen MR) is 110 cm³/mol. The molecule has 0 unspecified atom stereocenters. The molecule has 152 valence electrons. The molecule has 3 heterocycles. The summed E-state index contributed by atoms with van der Waals surface area (Å²) in [6.45, 7) is 4.41. The van der Waals surface area contributed by atoms with Gasteiger partial charge in [0.1, 0.15) is 22.8 Å². The van der Waals surface area contributed by atoms with Crippen LogP contribution < -0.4 is 9.47 Å². The van der Waals surface area contributed by atoms with E-state index in [0.717, 1.165) is 49.5 Å². The van der Waals surface area contributed by atoms with Crippen molar-refractivity contribution in [1.29, 1.82) is 0 Å². The molecule has 29 heavy (non-hydrogen) atoms. The summed E-state index contributed by atoms with van der Waals surface area (Å²) in [5, 5.41) is 0. The van der Waals surface area contributed by atoms with Gasteiger partial charge in [-0.15, -0.1) is 0 Å². The highest BCUT2D eigenvalue weighted by molar-refractivity contribution is 5.95. The number of carbonyl (C=O) groups is 1. The minimum absolute atomic E-state index is 0.00959. The van der Waals surface area contributed by atoms with Crippen LogP contribution in [0.25, 0.3) is 11.2 Å². The average Bonchev–Trinajstić information content (AvgIpc) is 3.36. The second-order valence-corrected chi connectivity index (χ2v) is 7.33. The molecule has 4 rings (SSSR count). The zero-order chi connectivity index (χ0) is 20.4. The van der Waals surface area contributed by atoms with Crippen molar-refractivity contribution < 1.29 is 14.3 Å². The van der Waals surface area contributed by atoms with E-state index >= 15 is 0 Å². The van der Waals surface area contributed by atoms with Gasteiger partial charge in [-0.3, -0.25) is 4.79 Å². The van der Waals surface area contributed by atoms with Gasteiger partial charge in [-0.25, -0.2) is 9.97 Å². The van der Waals surface area contributed by atoms with Crippen LogP contribution in [0.15, 0.2) is 36.5 Å². The molecule has 0 saturated carbocycles. The number of amides is 1. The maximum atomic E-state index is 13.0. The van der Waals surface area contributed by atoms with Gasteiger partial charge in [0.25, 0.3) is 5.91 Å². The van der Waals surface area contributed by atoms with E-state index in [0.29, 0.717) is 23.0 Å². The number of benzene rings is 1. The van der Waals surface area contributed by atoms with Crippen molar-refractivity contribution in [1.82, 2.24) is 19.4 Å². The van der Waals surface area contributed by atoms with E-state index in [1.807, 2.05) is 17.0 Å². The van der Waals surface area contributed by atoms with Crippen molar-refractivity contribution in [3.63, 3.8) is 0 Å². The van der Waals surface area contributed by atoms with Crippen molar-refractivity contribution in [3.05, 3.63) is 47.9 Å². The van der Waals surface area contributed by atoms with E-state index in [1.165, 1.54) is 0 Å². The summed E-state index contributed by atoms with van der Waals surface area (Å²) in [5.74, 6) is 2.67. The molecule has 7 nitrogen and oxygen atoms in total. The first-order valence-corrected chi connectivity index (χ1v) is 9.95. The highest BCUT2D eigenvalue weighted by Gasteiger charge is 2.29. The average molecular weight is 394 g/mol. The largest absolute Gasteiger partial charge is 0.497 e. The van der Waals surface area contributed by atoms with E-state index in [9.17, 15) is 4.79 Å². The topological polar surface area (TPSA) is 69.5 Å². The fourth-order valence-electron chi connectivity index (χ4n) is 4.05. The van der Waals surface area contributed by atoms with Crippen molar-refractivity contribution in [2.45, 2.75) is 26.3 Å². The molecule has 0 spiro atoms. The number of carbonyl (C=O) groups excluding carboxylic acids is 1. The number of ether oxygens (including phenoxy) is 2. The molecule has 1 aromatic carbocycles. The molecular formula is C22H26N4O3. The molecule has 3 aromatic rings. The van der Waals surface area contributed by atoms with Crippen LogP contribution >= 0.6 is 0 Å². The van der Waals surface area contributed by atoms with Crippen molar-refractivity contribution in [2.24, 2.45) is 5.92 Å². The zero-order valence-corrected chi connectivity index (χ0v) is 17.1. The maximum absolute atomic E-state index is 13.0. The van der Waals surface area contributed by atoms with Crippen LogP contribution in [0.2, 0.25) is 0 Å². The van der Waals surface area contributed by atoms with E-state index in [1.54, 1.807) is 38.6 Å². The van der Waals surface area contributed by atoms with Gasteiger partial charge in [0, 0.05) is 43.9 Å². The Bertz CT molecular complexity index is 1010. The van der Waals surface area contributed by atoms with Crippen molar-refractivity contribution in [3.8, 4) is 11.5 Å². The number of methoxy groups -OCH3 is 2. The summed E-state index contributed by atoms with van der Waals surface area (Å²) < 4.78 is 12.8. The number of aromatic nitrogens is 3. The molecule has 1 fully saturated rings. The Labute approximate surface area is 170 Å². The van der Waals surface area contributed by atoms with E-state index in [4.69, 9.17) is 14.5 Å². The Morgan fingerprint density at radius 2 is 1.97 bits per heavy atom. The Kier molecular flexibility index (Phi) is 5.38. The van der Waals surface area contributed by atoms with Gasteiger partial charge in [0.05, 0.1) is 14.2 Å². The van der Waals surface area contributed by atoms with Crippen molar-refractivity contribution >= 4 is 17.1 Å². The number of aryl methyl sites for hydroxylation is 1. The number of nitrogens with zero attached hydrogens (tertiary/aromatic N) is 4. The highest BCUT2D eigenvalue weighted by atomic mass is 16.5. The summed E-state index contributed by atoms with van der Waals surface area (Å²) in [6, 6.07) is 9.21. The van der Waals surface area contributed by atoms with Gasteiger partial charge >= 0.3 is 0 Å². The Hall–Kier alpha value is -3.09. The van der Waals surface area contributed by atoms with Crippen LogP contribution in [0.5, 0.6) is 11.5 Å². The molecule has 0 N–H and O–H groups in total. The summed E-state index contributed by atoms with van der Waals surface area (Å²) in [4.78, 5) is 24.2. The van der Waals surface area contributed by atoms with Gasteiger partial charge in [-0.2, -0.15) is 0 Å². The van der Waals surface area contributed by atoms with Gasteiger partial charge in [-0.05, 0) is 43.5 Å².